The highest BCUT2D eigenvalue weighted by atomic mass is 19.4. The molecule has 0 radical (unpaired) electrons. The van der Waals surface area contributed by atoms with E-state index < -0.39 is 11.7 Å². The summed E-state index contributed by atoms with van der Waals surface area (Å²) in [6.45, 7) is 3.98. The van der Waals surface area contributed by atoms with Crippen molar-refractivity contribution in [2.75, 3.05) is 0 Å². The first kappa shape index (κ1) is 19.5. The van der Waals surface area contributed by atoms with Crippen LogP contribution in [0.15, 0.2) is 52.9 Å². The Hall–Kier alpha value is -3.79. The molecule has 0 saturated carbocycles. The fourth-order valence-corrected chi connectivity index (χ4v) is 3.13. The first-order chi connectivity index (χ1) is 14.2. The smallest absolute Gasteiger partial charge is 0.416 e. The van der Waals surface area contributed by atoms with E-state index in [1.807, 2.05) is 26.0 Å². The predicted molar refractivity (Wildman–Crippen MR) is 108 cm³/mol. The Balaban J connectivity index is 1.68. The molecule has 2 aromatic heterocycles. The Labute approximate surface area is 170 Å². The van der Waals surface area contributed by atoms with Crippen LogP contribution in [0.4, 0.5) is 13.2 Å². The number of aromatic nitrogens is 2. The standard InChI is InChI=1S/C23H16F3N3O/c1-13-8-19-20(9-14(13)2)29-22(28-19)16(12-27)11-18-6-7-21(30-18)15-4-3-5-17(10-15)23(24,25)26/h3-11H,1-2H3,(H,28,29). The van der Waals surface area contributed by atoms with Gasteiger partial charge in [0, 0.05) is 11.6 Å². The highest BCUT2D eigenvalue weighted by molar-refractivity contribution is 5.90. The molecule has 0 spiro atoms. The van der Waals surface area contributed by atoms with Gasteiger partial charge >= 0.3 is 6.18 Å². The van der Waals surface area contributed by atoms with Gasteiger partial charge in [0.25, 0.3) is 0 Å². The quantitative estimate of drug-likeness (QED) is 0.393. The van der Waals surface area contributed by atoms with E-state index in [9.17, 15) is 18.4 Å². The predicted octanol–water partition coefficient (Wildman–Crippen LogP) is 6.52. The number of fused-ring (bicyclic) bond motifs is 1. The lowest BCUT2D eigenvalue weighted by molar-refractivity contribution is -0.137. The monoisotopic (exact) mass is 407 g/mol. The van der Waals surface area contributed by atoms with Crippen LogP contribution < -0.4 is 0 Å². The molecule has 0 amide bonds. The number of hydrogen-bond donors (Lipinski definition) is 1. The number of rotatable bonds is 3. The van der Waals surface area contributed by atoms with Crippen LogP contribution in [0, 0.1) is 25.2 Å². The maximum absolute atomic E-state index is 12.9. The Bertz CT molecular complexity index is 1280. The highest BCUT2D eigenvalue weighted by Gasteiger charge is 2.30. The van der Waals surface area contributed by atoms with Crippen LogP contribution in [0.5, 0.6) is 0 Å². The lowest BCUT2D eigenvalue weighted by Crippen LogP contribution is -2.04. The van der Waals surface area contributed by atoms with E-state index in [0.717, 1.165) is 34.3 Å². The van der Waals surface area contributed by atoms with E-state index in [0.29, 0.717) is 17.1 Å². The molecule has 0 fully saturated rings. The van der Waals surface area contributed by atoms with Crippen molar-refractivity contribution in [3.05, 3.63) is 76.8 Å². The Morgan fingerprint density at radius 1 is 1.10 bits per heavy atom. The minimum atomic E-state index is -4.43. The largest absolute Gasteiger partial charge is 0.457 e. The first-order valence-corrected chi connectivity index (χ1v) is 9.11. The van der Waals surface area contributed by atoms with Crippen LogP contribution >= 0.6 is 0 Å². The van der Waals surface area contributed by atoms with E-state index in [1.165, 1.54) is 18.2 Å². The van der Waals surface area contributed by atoms with Crippen molar-refractivity contribution in [3.8, 4) is 17.4 Å². The van der Waals surface area contributed by atoms with Gasteiger partial charge in [0.15, 0.2) is 0 Å². The van der Waals surface area contributed by atoms with Gasteiger partial charge in [-0.25, -0.2) is 4.98 Å². The third kappa shape index (κ3) is 3.72. The molecule has 4 aromatic rings. The van der Waals surface area contributed by atoms with Gasteiger partial charge < -0.3 is 9.40 Å². The molecule has 4 nitrogen and oxygen atoms in total. The number of furan rings is 1. The summed E-state index contributed by atoms with van der Waals surface area (Å²) in [6.07, 6.45) is -2.92. The van der Waals surface area contributed by atoms with Gasteiger partial charge in [-0.05, 0) is 61.4 Å². The van der Waals surface area contributed by atoms with Crippen molar-refractivity contribution >= 4 is 22.7 Å². The number of nitrogens with one attached hydrogen (secondary N) is 1. The summed E-state index contributed by atoms with van der Waals surface area (Å²) in [5.41, 5.74) is 3.58. The van der Waals surface area contributed by atoms with Crippen molar-refractivity contribution in [1.82, 2.24) is 9.97 Å². The van der Waals surface area contributed by atoms with E-state index in [-0.39, 0.29) is 11.3 Å². The van der Waals surface area contributed by atoms with Gasteiger partial charge in [0.05, 0.1) is 22.2 Å². The van der Waals surface area contributed by atoms with Gasteiger partial charge in [-0.1, -0.05) is 12.1 Å². The number of aryl methyl sites for hydroxylation is 2. The number of nitrogens with zero attached hydrogens (tertiary/aromatic N) is 2. The number of hydrogen-bond acceptors (Lipinski definition) is 3. The minimum absolute atomic E-state index is 0.256. The summed E-state index contributed by atoms with van der Waals surface area (Å²) in [5.74, 6) is 1.02. The summed E-state index contributed by atoms with van der Waals surface area (Å²) in [5, 5.41) is 9.58. The minimum Gasteiger partial charge on any atom is -0.457 e. The van der Waals surface area contributed by atoms with Crippen LogP contribution in [-0.2, 0) is 6.18 Å². The number of nitriles is 1. The van der Waals surface area contributed by atoms with Crippen LogP contribution in [0.2, 0.25) is 0 Å². The lowest BCUT2D eigenvalue weighted by Gasteiger charge is -2.07. The van der Waals surface area contributed by atoms with Gasteiger partial charge in [0.1, 0.15) is 23.4 Å². The second kappa shape index (κ2) is 7.23. The number of aromatic amines is 1. The van der Waals surface area contributed by atoms with Crippen molar-refractivity contribution < 1.29 is 17.6 Å². The molecule has 0 atom stereocenters. The first-order valence-electron chi connectivity index (χ1n) is 9.11. The zero-order chi connectivity index (χ0) is 21.5. The van der Waals surface area contributed by atoms with E-state index in [1.54, 1.807) is 12.1 Å². The molecular formula is C23H16F3N3O. The average Bonchev–Trinajstić information content (AvgIpc) is 3.33. The second-order valence-corrected chi connectivity index (χ2v) is 6.99. The molecule has 0 aliphatic rings. The van der Waals surface area contributed by atoms with Crippen molar-refractivity contribution in [2.45, 2.75) is 20.0 Å². The van der Waals surface area contributed by atoms with Crippen LogP contribution in [-0.4, -0.2) is 9.97 Å². The van der Waals surface area contributed by atoms with Crippen molar-refractivity contribution in [3.63, 3.8) is 0 Å². The molecule has 7 heteroatoms. The van der Waals surface area contributed by atoms with E-state index in [4.69, 9.17) is 4.42 Å². The fourth-order valence-electron chi connectivity index (χ4n) is 3.13. The topological polar surface area (TPSA) is 65.6 Å². The van der Waals surface area contributed by atoms with Gasteiger partial charge in [-0.15, -0.1) is 0 Å². The summed E-state index contributed by atoms with van der Waals surface area (Å²) < 4.78 is 44.5. The summed E-state index contributed by atoms with van der Waals surface area (Å²) in [4.78, 5) is 7.60. The molecular weight excluding hydrogens is 391 g/mol. The number of benzene rings is 2. The third-order valence-electron chi connectivity index (χ3n) is 4.86. The maximum Gasteiger partial charge on any atom is 0.416 e. The third-order valence-corrected chi connectivity index (χ3v) is 4.86. The van der Waals surface area contributed by atoms with Gasteiger partial charge in [0.2, 0.25) is 0 Å². The zero-order valence-corrected chi connectivity index (χ0v) is 16.1. The van der Waals surface area contributed by atoms with Gasteiger partial charge in [-0.3, -0.25) is 0 Å². The van der Waals surface area contributed by atoms with E-state index in [2.05, 4.69) is 16.0 Å². The molecule has 2 aromatic carbocycles. The maximum atomic E-state index is 12.9. The molecule has 0 aliphatic carbocycles. The molecule has 0 aliphatic heterocycles. The summed E-state index contributed by atoms with van der Waals surface area (Å²) in [7, 11) is 0. The number of H-pyrrole nitrogens is 1. The molecule has 150 valence electrons. The van der Waals surface area contributed by atoms with Crippen LogP contribution in [0.1, 0.15) is 28.3 Å². The number of allylic oxidation sites excluding steroid dienone is 1. The molecule has 1 N–H and O–H groups in total. The zero-order valence-electron chi connectivity index (χ0n) is 16.1. The number of alkyl halides is 3. The van der Waals surface area contributed by atoms with Crippen LogP contribution in [0.25, 0.3) is 34.0 Å². The summed E-state index contributed by atoms with van der Waals surface area (Å²) in [6, 6.07) is 14.1. The summed E-state index contributed by atoms with van der Waals surface area (Å²) >= 11 is 0. The van der Waals surface area contributed by atoms with E-state index >= 15 is 0 Å². The molecule has 30 heavy (non-hydrogen) atoms. The number of halogens is 3. The SMILES string of the molecule is Cc1cc2nc(C(C#N)=Cc3ccc(-c4cccc(C(F)(F)F)c4)o3)[nH]c2cc1C. The van der Waals surface area contributed by atoms with Crippen LogP contribution in [0.3, 0.4) is 0 Å². The van der Waals surface area contributed by atoms with Crippen molar-refractivity contribution in [2.24, 2.45) is 0 Å². The molecule has 0 saturated heterocycles. The molecule has 4 rings (SSSR count). The molecule has 2 heterocycles. The second-order valence-electron chi connectivity index (χ2n) is 6.99. The Kier molecular flexibility index (Phi) is 4.70. The lowest BCUT2D eigenvalue weighted by atomic mass is 10.1. The van der Waals surface area contributed by atoms with Crippen molar-refractivity contribution in [1.29, 1.82) is 5.26 Å². The Morgan fingerprint density at radius 3 is 2.60 bits per heavy atom. The normalized spacial score (nSPS) is 12.3. The number of imidazole rings is 1. The van der Waals surface area contributed by atoms with Gasteiger partial charge in [-0.2, -0.15) is 18.4 Å². The Morgan fingerprint density at radius 2 is 1.87 bits per heavy atom. The molecule has 0 bridgehead atoms. The highest BCUT2D eigenvalue weighted by Crippen LogP contribution is 2.33. The molecule has 0 unspecified atom stereocenters. The fraction of sp³-hybridized carbons (Fsp3) is 0.130. The average molecular weight is 407 g/mol.